The first-order chi connectivity index (χ1) is 7.00. The fourth-order valence-electron chi connectivity index (χ4n) is 1.20. The molecule has 3 nitrogen and oxygen atoms in total. The van der Waals surface area contributed by atoms with Crippen molar-refractivity contribution in [1.82, 2.24) is 5.32 Å². The van der Waals surface area contributed by atoms with Gasteiger partial charge in [0.25, 0.3) is 0 Å². The van der Waals surface area contributed by atoms with E-state index in [-0.39, 0.29) is 11.9 Å². The van der Waals surface area contributed by atoms with Crippen molar-refractivity contribution in [2.75, 3.05) is 0 Å². The fourth-order valence-corrected chi connectivity index (χ4v) is 1.62. The zero-order valence-electron chi connectivity index (χ0n) is 8.83. The van der Waals surface area contributed by atoms with Crippen LogP contribution in [0.2, 0.25) is 0 Å². The van der Waals surface area contributed by atoms with Crippen molar-refractivity contribution < 1.29 is 4.79 Å². The lowest BCUT2D eigenvalue weighted by Crippen LogP contribution is -2.39. The molecule has 0 aromatic heterocycles. The highest BCUT2D eigenvalue weighted by Gasteiger charge is 2.12. The first-order valence-electron chi connectivity index (χ1n) is 4.82. The van der Waals surface area contributed by atoms with E-state index in [2.05, 4.69) is 21.2 Å². The summed E-state index contributed by atoms with van der Waals surface area (Å²) >= 11 is 3.39. The van der Waals surface area contributed by atoms with Gasteiger partial charge in [0.15, 0.2) is 0 Å². The first kappa shape index (κ1) is 12.2. The van der Waals surface area contributed by atoms with Crippen LogP contribution in [0.3, 0.4) is 0 Å². The molecule has 0 aliphatic heterocycles. The molecule has 2 atom stereocenters. The molecule has 3 N–H and O–H groups in total. The van der Waals surface area contributed by atoms with Gasteiger partial charge in [-0.1, -0.05) is 28.1 Å². The summed E-state index contributed by atoms with van der Waals surface area (Å²) in [5.74, 6) is -0.137. The molecule has 0 saturated heterocycles. The van der Waals surface area contributed by atoms with Crippen molar-refractivity contribution in [3.8, 4) is 0 Å². The number of hydrogen-bond donors (Lipinski definition) is 2. The monoisotopic (exact) mass is 270 g/mol. The molecule has 0 radical (unpaired) electrons. The van der Waals surface area contributed by atoms with Gasteiger partial charge in [0.2, 0.25) is 5.91 Å². The maximum atomic E-state index is 11.4. The number of amides is 1. The summed E-state index contributed by atoms with van der Waals surface area (Å²) in [7, 11) is 0. The van der Waals surface area contributed by atoms with E-state index in [0.29, 0.717) is 0 Å². The lowest BCUT2D eigenvalue weighted by Gasteiger charge is -2.16. The number of rotatable bonds is 3. The average molecular weight is 271 g/mol. The lowest BCUT2D eigenvalue weighted by molar-refractivity contribution is -0.122. The van der Waals surface area contributed by atoms with Crippen LogP contribution in [0.5, 0.6) is 0 Å². The van der Waals surface area contributed by atoms with Crippen molar-refractivity contribution in [1.29, 1.82) is 0 Å². The van der Waals surface area contributed by atoms with Crippen LogP contribution in [-0.2, 0) is 4.79 Å². The molecule has 0 unspecified atom stereocenters. The molecule has 4 heteroatoms. The molecule has 1 amide bonds. The summed E-state index contributed by atoms with van der Waals surface area (Å²) in [6.07, 6.45) is 0. The smallest absolute Gasteiger partial charge is 0.237 e. The van der Waals surface area contributed by atoms with E-state index in [9.17, 15) is 4.79 Å². The zero-order valence-corrected chi connectivity index (χ0v) is 10.4. The molecule has 82 valence electrons. The summed E-state index contributed by atoms with van der Waals surface area (Å²) in [4.78, 5) is 11.4. The predicted molar refractivity (Wildman–Crippen MR) is 64.3 cm³/mol. The van der Waals surface area contributed by atoms with Crippen LogP contribution in [0, 0.1) is 0 Å². The maximum Gasteiger partial charge on any atom is 0.237 e. The number of nitrogens with two attached hydrogens (primary N) is 1. The topological polar surface area (TPSA) is 55.1 Å². The first-order valence-corrected chi connectivity index (χ1v) is 5.61. The molecule has 1 rings (SSSR count). The van der Waals surface area contributed by atoms with Gasteiger partial charge in [0.1, 0.15) is 0 Å². The fraction of sp³-hybridized carbons (Fsp3) is 0.364. The van der Waals surface area contributed by atoms with Gasteiger partial charge in [0.05, 0.1) is 12.1 Å². The molecule has 0 saturated carbocycles. The van der Waals surface area contributed by atoms with Crippen LogP contribution in [0.4, 0.5) is 0 Å². The molecule has 0 aliphatic carbocycles. The van der Waals surface area contributed by atoms with E-state index in [1.54, 1.807) is 6.92 Å². The van der Waals surface area contributed by atoms with Gasteiger partial charge in [-0.15, -0.1) is 0 Å². The van der Waals surface area contributed by atoms with Gasteiger partial charge in [-0.3, -0.25) is 4.79 Å². The van der Waals surface area contributed by atoms with Crippen molar-refractivity contribution in [2.24, 2.45) is 5.73 Å². The number of carbonyl (C=O) groups excluding carboxylic acids is 1. The third kappa shape index (κ3) is 3.64. The Bertz CT molecular complexity index is 352. The van der Waals surface area contributed by atoms with Crippen LogP contribution in [0.1, 0.15) is 25.5 Å². The Balaban J connectivity index is 2.69. The van der Waals surface area contributed by atoms with Gasteiger partial charge >= 0.3 is 0 Å². The van der Waals surface area contributed by atoms with Crippen LogP contribution in [-0.4, -0.2) is 11.9 Å². The predicted octanol–water partition coefficient (Wildman–Crippen LogP) is 1.97. The van der Waals surface area contributed by atoms with Gasteiger partial charge in [-0.25, -0.2) is 0 Å². The Kier molecular flexibility index (Phi) is 4.29. The van der Waals surface area contributed by atoms with Gasteiger partial charge in [-0.05, 0) is 31.5 Å². The summed E-state index contributed by atoms with van der Waals surface area (Å²) in [5, 5.41) is 2.84. The van der Waals surface area contributed by atoms with E-state index >= 15 is 0 Å². The minimum Gasteiger partial charge on any atom is -0.348 e. The molecule has 1 aromatic rings. The van der Waals surface area contributed by atoms with Crippen LogP contribution in [0.15, 0.2) is 28.7 Å². The van der Waals surface area contributed by atoms with E-state index in [1.807, 2.05) is 31.2 Å². The average Bonchev–Trinajstić information content (AvgIpc) is 2.17. The van der Waals surface area contributed by atoms with Crippen molar-refractivity contribution in [3.05, 3.63) is 34.3 Å². The van der Waals surface area contributed by atoms with Crippen molar-refractivity contribution in [3.63, 3.8) is 0 Å². The zero-order chi connectivity index (χ0) is 11.4. The lowest BCUT2D eigenvalue weighted by atomic mass is 10.1. The Hall–Kier alpha value is -0.870. The summed E-state index contributed by atoms with van der Waals surface area (Å²) < 4.78 is 1.00. The standard InChI is InChI=1S/C11H15BrN2O/c1-7(13)11(15)14-8(2)9-4-3-5-10(12)6-9/h3-8H,13H2,1-2H3,(H,14,15)/t7-,8+/m0/s1. The Labute approximate surface area is 98.2 Å². The van der Waals surface area contributed by atoms with Gasteiger partial charge in [-0.2, -0.15) is 0 Å². The number of hydrogen-bond acceptors (Lipinski definition) is 2. The van der Waals surface area contributed by atoms with Crippen molar-refractivity contribution >= 4 is 21.8 Å². The summed E-state index contributed by atoms with van der Waals surface area (Å²) in [6.45, 7) is 3.60. The van der Waals surface area contributed by atoms with Gasteiger partial charge in [0, 0.05) is 4.47 Å². The Morgan fingerprint density at radius 3 is 2.67 bits per heavy atom. The molecule has 15 heavy (non-hydrogen) atoms. The van der Waals surface area contributed by atoms with E-state index < -0.39 is 6.04 Å². The molecule has 0 bridgehead atoms. The molecule has 0 spiro atoms. The summed E-state index contributed by atoms with van der Waals surface area (Å²) in [6, 6.07) is 7.33. The number of halogens is 1. The molecular formula is C11H15BrN2O. The molecule has 1 aromatic carbocycles. The third-order valence-corrected chi connectivity index (χ3v) is 2.61. The van der Waals surface area contributed by atoms with Gasteiger partial charge < -0.3 is 11.1 Å². The maximum absolute atomic E-state index is 11.4. The highest BCUT2D eigenvalue weighted by molar-refractivity contribution is 9.10. The van der Waals surface area contributed by atoms with Crippen LogP contribution < -0.4 is 11.1 Å². The minimum absolute atomic E-state index is 0.0269. The number of benzene rings is 1. The van der Waals surface area contributed by atoms with Crippen LogP contribution in [0.25, 0.3) is 0 Å². The third-order valence-electron chi connectivity index (χ3n) is 2.12. The Morgan fingerprint density at radius 1 is 1.47 bits per heavy atom. The molecule has 0 aliphatic rings. The SMILES string of the molecule is C[C@H](N)C(=O)N[C@H](C)c1cccc(Br)c1. The quantitative estimate of drug-likeness (QED) is 0.883. The molecule has 0 heterocycles. The second kappa shape index (κ2) is 5.28. The second-order valence-corrected chi connectivity index (χ2v) is 4.49. The molecular weight excluding hydrogens is 256 g/mol. The van der Waals surface area contributed by atoms with Crippen LogP contribution >= 0.6 is 15.9 Å². The van der Waals surface area contributed by atoms with E-state index in [0.717, 1.165) is 10.0 Å². The minimum atomic E-state index is -0.473. The highest BCUT2D eigenvalue weighted by Crippen LogP contribution is 2.17. The van der Waals surface area contributed by atoms with E-state index in [4.69, 9.17) is 5.73 Å². The summed E-state index contributed by atoms with van der Waals surface area (Å²) in [5.41, 5.74) is 6.52. The second-order valence-electron chi connectivity index (χ2n) is 3.57. The number of carbonyl (C=O) groups is 1. The Morgan fingerprint density at radius 2 is 2.13 bits per heavy atom. The largest absolute Gasteiger partial charge is 0.348 e. The highest BCUT2D eigenvalue weighted by atomic mass is 79.9. The number of nitrogens with one attached hydrogen (secondary N) is 1. The van der Waals surface area contributed by atoms with E-state index in [1.165, 1.54) is 0 Å². The normalized spacial score (nSPS) is 14.4. The molecule has 0 fully saturated rings. The van der Waals surface area contributed by atoms with Crippen molar-refractivity contribution in [2.45, 2.75) is 25.9 Å².